The van der Waals surface area contributed by atoms with Crippen molar-refractivity contribution in [1.29, 1.82) is 10.5 Å². The first-order valence-corrected chi connectivity index (χ1v) is 47.7. The molecule has 13 rings (SSSR count). The molecule has 0 N–H and O–H groups in total. The van der Waals surface area contributed by atoms with Gasteiger partial charge in [0.25, 0.3) is 0 Å². The van der Waals surface area contributed by atoms with Crippen molar-refractivity contribution in [1.82, 2.24) is 19.9 Å². The fourth-order valence-corrected chi connectivity index (χ4v) is 12.7. The van der Waals surface area contributed by atoms with E-state index in [-0.39, 0.29) is 52.9 Å². The van der Waals surface area contributed by atoms with Gasteiger partial charge in [-0.05, 0) is 297 Å². The van der Waals surface area contributed by atoms with Crippen LogP contribution in [-0.4, -0.2) is 110 Å². The summed E-state index contributed by atoms with van der Waals surface area (Å²) in [5.41, 5.74) is 17.1. The molecule has 0 aliphatic carbocycles. The molecule has 0 saturated carbocycles. The van der Waals surface area contributed by atoms with Gasteiger partial charge < -0.3 is 47.4 Å². The molecule has 20 heteroatoms. The lowest BCUT2D eigenvalue weighted by molar-refractivity contribution is -0.139. The van der Waals surface area contributed by atoms with Gasteiger partial charge in [-0.25, -0.2) is 39.1 Å². The number of nitrogens with zero attached hydrogens (tertiary/aromatic N) is 6. The predicted molar refractivity (Wildman–Crippen MR) is 571 cm³/mol. The number of nitriles is 2. The highest BCUT2D eigenvalue weighted by Gasteiger charge is 2.09. The Labute approximate surface area is 861 Å². The third kappa shape index (κ3) is 43.1. The minimum absolute atomic E-state index is 0.150. The van der Waals surface area contributed by atoms with Crippen molar-refractivity contribution in [3.05, 3.63) is 442 Å². The zero-order valence-electron chi connectivity index (χ0n) is 82.3. The lowest BCUT2D eigenvalue weighted by Gasteiger charge is -2.06. The molecule has 0 bridgehead atoms. The summed E-state index contributed by atoms with van der Waals surface area (Å²) in [7, 11) is 0. The van der Waals surface area contributed by atoms with Crippen LogP contribution < -0.4 is 28.4 Å². The Bertz CT molecular complexity index is 7070. The van der Waals surface area contributed by atoms with Crippen molar-refractivity contribution in [3.8, 4) is 152 Å². The first kappa shape index (κ1) is 110. The summed E-state index contributed by atoms with van der Waals surface area (Å²) in [5.74, 6) is 52.2. The molecule has 13 aromatic rings. The average Bonchev–Trinajstić information content (AvgIpc) is 0.846. The lowest BCUT2D eigenvalue weighted by Crippen LogP contribution is -2.10. The van der Waals surface area contributed by atoms with Crippen LogP contribution in [0, 0.1) is 124 Å². The third-order valence-electron chi connectivity index (χ3n) is 20.6. The summed E-state index contributed by atoms with van der Waals surface area (Å²) in [5, 5.41) is 17.8. The molecular formula is C127H108N6O14. The molecule has 0 fully saturated rings. The molecule has 0 amide bonds. The number of carbonyl (C=O) groups is 4. The van der Waals surface area contributed by atoms with E-state index in [1.165, 1.54) is 51.4 Å². The standard InChI is InChI=1S/C35H41NO2.C33H22N2O3.C32H27NO6.C27H18N2O3/c1-3-5-7-9-11-27-37-34-23-17-30(18-24-34)13-14-32-16-22-33(36-29-32)21-15-31-19-25-35(26-20-31)38-28-12-10-8-6-4-2;1-2-33(36)38-22-21-37-32-19-11-25(12-20-32)3-4-28-10-18-31(35-24-28)17-9-26-5-13-29(14-6-26)30-15-7-27(23-34)8-16-30;1-4-31(34)38-20-18-36-29-14-8-25(9-15-29)6-12-27-23-33-28(22-24(27)3)13-7-26-10-16-30(17-11-26)37-19-21-39-32(35)5-2;1-2-27(30)32-18-17-31-26-15-11-22(12-16-26)5-8-24-10-14-25(29-20-24)13-9-21-3-6-23(19-28)7-4-21/h16-20,22-26,29H,3-12,27-28H2,1-2H3;2,5-8,10-16,18-20,24H,1,21-22H2;4-5,8-11,14-17,22-23H,1-2,18-21H2,3H3;2-4,6-7,10-12,14-16,20H,1,17-18H2. The largest absolute Gasteiger partial charge is 0.494 e. The van der Waals surface area contributed by atoms with Gasteiger partial charge in [-0.1, -0.05) is 187 Å². The Morgan fingerprint density at radius 3 is 0.721 bits per heavy atom. The van der Waals surface area contributed by atoms with E-state index in [0.29, 0.717) is 51.2 Å². The van der Waals surface area contributed by atoms with E-state index in [4.69, 9.17) is 57.9 Å². The summed E-state index contributed by atoms with van der Waals surface area (Å²) < 4.78 is 53.2. The Kier molecular flexibility index (Phi) is 47.8. The number of unbranched alkanes of at least 4 members (excludes halogenated alkanes) is 8. The molecule has 20 nitrogen and oxygen atoms in total. The van der Waals surface area contributed by atoms with Crippen LogP contribution in [0.2, 0.25) is 0 Å². The quantitative estimate of drug-likeness (QED) is 0.0117. The second kappa shape index (κ2) is 64.1. The number of pyridine rings is 4. The number of hydrogen-bond acceptors (Lipinski definition) is 20. The van der Waals surface area contributed by atoms with Crippen molar-refractivity contribution < 1.29 is 66.5 Å². The van der Waals surface area contributed by atoms with E-state index in [1.54, 1.807) is 73.3 Å². The topological polar surface area (TPSA) is 260 Å². The third-order valence-corrected chi connectivity index (χ3v) is 20.6. The predicted octanol–water partition coefficient (Wildman–Crippen LogP) is 22.4. The minimum atomic E-state index is -0.478. The maximum Gasteiger partial charge on any atom is 0.330 e. The van der Waals surface area contributed by atoms with E-state index in [2.05, 4.69) is 167 Å². The van der Waals surface area contributed by atoms with Crippen LogP contribution in [-0.2, 0) is 38.1 Å². The van der Waals surface area contributed by atoms with Gasteiger partial charge in [0.05, 0.1) is 36.5 Å². The maximum absolute atomic E-state index is 11.0. The summed E-state index contributed by atoms with van der Waals surface area (Å²) in [6.45, 7) is 23.0. The molecule has 0 unspecified atom stereocenters. The summed E-state index contributed by atoms with van der Waals surface area (Å²) in [6, 6.07) is 85.1. The average molecular weight is 1940 g/mol. The monoisotopic (exact) mass is 1940 g/mol. The smallest absolute Gasteiger partial charge is 0.330 e. The van der Waals surface area contributed by atoms with Crippen LogP contribution in [0.15, 0.2) is 336 Å². The molecule has 147 heavy (non-hydrogen) atoms. The number of ether oxygens (including phenoxy) is 10. The Morgan fingerprint density at radius 1 is 0.245 bits per heavy atom. The Morgan fingerprint density at radius 2 is 0.463 bits per heavy atom. The van der Waals surface area contributed by atoms with Gasteiger partial charge in [-0.15, -0.1) is 0 Å². The van der Waals surface area contributed by atoms with Crippen LogP contribution >= 0.6 is 0 Å². The van der Waals surface area contributed by atoms with Gasteiger partial charge in [0.1, 0.15) is 110 Å². The first-order chi connectivity index (χ1) is 72.0. The molecule has 0 aliphatic heterocycles. The molecule has 0 aliphatic rings. The van der Waals surface area contributed by atoms with Crippen LogP contribution in [0.25, 0.3) is 11.1 Å². The van der Waals surface area contributed by atoms with Crippen molar-refractivity contribution in [2.75, 3.05) is 66.1 Å². The van der Waals surface area contributed by atoms with Crippen molar-refractivity contribution in [2.45, 2.75) is 85.0 Å². The second-order valence-electron chi connectivity index (χ2n) is 31.7. The van der Waals surface area contributed by atoms with Crippen molar-refractivity contribution >= 4 is 23.9 Å². The van der Waals surface area contributed by atoms with Crippen LogP contribution in [0.4, 0.5) is 0 Å². The van der Waals surface area contributed by atoms with E-state index in [0.717, 1.165) is 151 Å². The maximum atomic E-state index is 11.0. The van der Waals surface area contributed by atoms with Crippen LogP contribution in [0.5, 0.6) is 34.5 Å². The molecule has 0 spiro atoms. The Hall–Kier alpha value is -19.3. The number of aromatic nitrogens is 4. The summed E-state index contributed by atoms with van der Waals surface area (Å²) >= 11 is 0. The van der Waals surface area contributed by atoms with E-state index < -0.39 is 23.9 Å². The highest BCUT2D eigenvalue weighted by Crippen LogP contribution is 2.24. The highest BCUT2D eigenvalue weighted by molar-refractivity contribution is 5.82. The minimum Gasteiger partial charge on any atom is -0.494 e. The van der Waals surface area contributed by atoms with E-state index >= 15 is 0 Å². The van der Waals surface area contributed by atoms with Crippen LogP contribution in [0.3, 0.4) is 0 Å². The van der Waals surface area contributed by atoms with Gasteiger partial charge in [0.15, 0.2) is 0 Å². The normalized spacial score (nSPS) is 9.64. The zero-order valence-corrected chi connectivity index (χ0v) is 82.3. The first-order valence-electron chi connectivity index (χ1n) is 47.7. The van der Waals surface area contributed by atoms with Gasteiger partial charge in [-0.3, -0.25) is 0 Å². The molecule has 9 aromatic carbocycles. The summed E-state index contributed by atoms with van der Waals surface area (Å²) in [6.07, 6.45) is 23.7. The number of benzene rings is 9. The lowest BCUT2D eigenvalue weighted by atomic mass is 10.0. The van der Waals surface area contributed by atoms with Crippen molar-refractivity contribution in [3.63, 3.8) is 0 Å². The van der Waals surface area contributed by atoms with Gasteiger partial charge >= 0.3 is 23.9 Å². The van der Waals surface area contributed by atoms with E-state index in [1.807, 2.05) is 219 Å². The van der Waals surface area contributed by atoms with Gasteiger partial charge in [-0.2, -0.15) is 10.5 Å². The second-order valence-corrected chi connectivity index (χ2v) is 31.7. The molecule has 4 aromatic heterocycles. The fourth-order valence-electron chi connectivity index (χ4n) is 12.7. The zero-order chi connectivity index (χ0) is 104. The SMILES string of the molecule is C=CC(=O)OCCOc1ccc(C#Cc2cc(C)c(C#Cc3ccc(OCCOC(=O)C=C)cc3)cn2)cc1.C=CC(=O)OCCOc1ccc(C#Cc2ccc(C#Cc3ccc(-c4ccc(C#N)cc4)cc3)nc2)cc1.C=CC(=O)OCCOc1ccc(C#Cc2ccc(C#Cc3ccc(C#N)cc3)nc2)cc1.CCCCCCCOc1ccc(C#Cc2ccc(C#Cc3ccc(OCCCCCCC)cc3)nc2)cc1. The molecule has 0 radical (unpaired) electrons. The Balaban J connectivity index is 0.000000201. The number of aryl methyl sites for hydroxylation is 1. The molecule has 730 valence electrons. The fraction of sp³-hybridized carbons (Fsp3) is 0.181. The molecule has 0 saturated heterocycles. The van der Waals surface area contributed by atoms with Crippen molar-refractivity contribution in [2.24, 2.45) is 0 Å². The number of carbonyl (C=O) groups excluding carboxylic acids is 4. The number of hydrogen-bond donors (Lipinski definition) is 0. The number of esters is 4. The van der Waals surface area contributed by atoms with Gasteiger partial charge in [0, 0.05) is 116 Å². The molecule has 0 atom stereocenters. The number of rotatable bonds is 35. The molecule has 4 heterocycles. The molecular weight excluding hydrogens is 1830 g/mol. The van der Waals surface area contributed by atoms with Crippen LogP contribution in [0.1, 0.15) is 184 Å². The summed E-state index contributed by atoms with van der Waals surface area (Å²) in [4.78, 5) is 61.6. The van der Waals surface area contributed by atoms with E-state index in [9.17, 15) is 19.2 Å². The van der Waals surface area contributed by atoms with Gasteiger partial charge in [0.2, 0.25) is 0 Å². The highest BCUT2D eigenvalue weighted by atomic mass is 16.6.